The summed E-state index contributed by atoms with van der Waals surface area (Å²) in [5.41, 5.74) is 4.44. The lowest BCUT2D eigenvalue weighted by atomic mass is 9.92. The average molecular weight is 392 g/mol. The van der Waals surface area contributed by atoms with E-state index in [0.29, 0.717) is 29.5 Å². The minimum Gasteiger partial charge on any atom is -0.493 e. The quantitative estimate of drug-likeness (QED) is 0.729. The van der Waals surface area contributed by atoms with E-state index in [1.54, 1.807) is 18.2 Å². The van der Waals surface area contributed by atoms with Gasteiger partial charge in [-0.2, -0.15) is 0 Å². The molecule has 0 aromatic heterocycles. The minimum absolute atomic E-state index is 0.110. The van der Waals surface area contributed by atoms with E-state index in [-0.39, 0.29) is 11.7 Å². The van der Waals surface area contributed by atoms with Gasteiger partial charge < -0.3 is 10.1 Å². The Balaban J connectivity index is 1.54. The number of amides is 1. The zero-order chi connectivity index (χ0) is 20.4. The van der Waals surface area contributed by atoms with Crippen LogP contribution in [0.3, 0.4) is 0 Å². The van der Waals surface area contributed by atoms with E-state index >= 15 is 0 Å². The third kappa shape index (κ3) is 4.06. The molecule has 5 heteroatoms. The van der Waals surface area contributed by atoms with Crippen molar-refractivity contribution in [2.24, 2.45) is 0 Å². The van der Waals surface area contributed by atoms with Crippen LogP contribution in [0.5, 0.6) is 5.75 Å². The van der Waals surface area contributed by atoms with Crippen molar-refractivity contribution in [2.75, 3.05) is 25.0 Å². The average Bonchev–Trinajstić information content (AvgIpc) is 3.21. The number of carbonyl (C=O) groups excluding carboxylic acids is 2. The van der Waals surface area contributed by atoms with Crippen LogP contribution in [-0.4, -0.2) is 36.3 Å². The molecule has 1 amide bonds. The molecule has 1 N–H and O–H groups in total. The summed E-state index contributed by atoms with van der Waals surface area (Å²) in [6.07, 6.45) is 4.35. The zero-order valence-electron chi connectivity index (χ0n) is 17.2. The molecule has 0 spiro atoms. The fourth-order valence-electron chi connectivity index (χ4n) is 4.41. The number of ketones is 1. The molecular weight excluding hydrogens is 364 g/mol. The van der Waals surface area contributed by atoms with Gasteiger partial charge >= 0.3 is 0 Å². The molecule has 0 aliphatic carbocycles. The van der Waals surface area contributed by atoms with Crippen molar-refractivity contribution in [1.82, 2.24) is 4.90 Å². The number of rotatable bonds is 6. The largest absolute Gasteiger partial charge is 0.493 e. The van der Waals surface area contributed by atoms with Gasteiger partial charge in [0.1, 0.15) is 5.75 Å². The number of hydrogen-bond acceptors (Lipinski definition) is 4. The molecule has 4 rings (SSSR count). The third-order valence-corrected chi connectivity index (χ3v) is 5.88. The first kappa shape index (κ1) is 19.6. The van der Waals surface area contributed by atoms with Gasteiger partial charge in [-0.3, -0.25) is 14.5 Å². The summed E-state index contributed by atoms with van der Waals surface area (Å²) in [5, 5.41) is 3.01. The Kier molecular flexibility index (Phi) is 5.67. The number of ether oxygens (including phenoxy) is 1. The Labute approximate surface area is 172 Å². The molecule has 152 valence electrons. The molecule has 2 aromatic carbocycles. The Hall–Kier alpha value is -2.66. The number of carbonyl (C=O) groups is 2. The molecule has 1 atom stereocenters. The van der Waals surface area contributed by atoms with E-state index in [2.05, 4.69) is 22.3 Å². The number of Topliss-reactive ketones (excluding diaryl/α,β-unsaturated/α-hetero) is 1. The molecule has 29 heavy (non-hydrogen) atoms. The SMILES string of the molecule is CCCOc1ccc(C(=O)Nc2ccc3c(c2)C2CCCN2CC3)cc1C(C)=O. The lowest BCUT2D eigenvalue weighted by Gasteiger charge is -2.32. The van der Waals surface area contributed by atoms with Gasteiger partial charge in [-0.1, -0.05) is 13.0 Å². The second kappa shape index (κ2) is 8.37. The topological polar surface area (TPSA) is 58.6 Å². The van der Waals surface area contributed by atoms with Gasteiger partial charge in [0.2, 0.25) is 0 Å². The lowest BCUT2D eigenvalue weighted by molar-refractivity contribution is 0.101. The third-order valence-electron chi connectivity index (χ3n) is 5.88. The normalized spacial score (nSPS) is 18.1. The highest BCUT2D eigenvalue weighted by Gasteiger charge is 2.31. The van der Waals surface area contributed by atoms with Gasteiger partial charge in [0, 0.05) is 23.8 Å². The smallest absolute Gasteiger partial charge is 0.255 e. The maximum atomic E-state index is 12.8. The summed E-state index contributed by atoms with van der Waals surface area (Å²) in [6, 6.07) is 11.8. The summed E-state index contributed by atoms with van der Waals surface area (Å²) >= 11 is 0. The van der Waals surface area contributed by atoms with Gasteiger partial charge in [-0.25, -0.2) is 0 Å². The van der Waals surface area contributed by atoms with Crippen molar-refractivity contribution in [3.63, 3.8) is 0 Å². The predicted molar refractivity (Wildman–Crippen MR) is 114 cm³/mol. The highest BCUT2D eigenvalue weighted by Crippen LogP contribution is 2.38. The Morgan fingerprint density at radius 1 is 1.17 bits per heavy atom. The molecule has 1 fully saturated rings. The van der Waals surface area contributed by atoms with E-state index in [0.717, 1.165) is 25.1 Å². The lowest BCUT2D eigenvalue weighted by Crippen LogP contribution is -2.31. The molecular formula is C24H28N2O3. The summed E-state index contributed by atoms with van der Waals surface area (Å²) in [4.78, 5) is 27.4. The second-order valence-electron chi connectivity index (χ2n) is 7.93. The summed E-state index contributed by atoms with van der Waals surface area (Å²) in [7, 11) is 0. The Bertz CT molecular complexity index is 938. The van der Waals surface area contributed by atoms with Gasteiger partial charge in [-0.05, 0) is 80.6 Å². The summed E-state index contributed by atoms with van der Waals surface area (Å²) in [5.74, 6) is 0.209. The molecule has 5 nitrogen and oxygen atoms in total. The zero-order valence-corrected chi connectivity index (χ0v) is 17.2. The van der Waals surface area contributed by atoms with E-state index in [1.807, 2.05) is 13.0 Å². The Morgan fingerprint density at radius 2 is 2.03 bits per heavy atom. The highest BCUT2D eigenvalue weighted by atomic mass is 16.5. The molecule has 1 unspecified atom stereocenters. The monoisotopic (exact) mass is 392 g/mol. The van der Waals surface area contributed by atoms with Crippen LogP contribution >= 0.6 is 0 Å². The molecule has 0 radical (unpaired) electrons. The predicted octanol–water partition coefficient (Wildman–Crippen LogP) is 4.62. The fourth-order valence-corrected chi connectivity index (χ4v) is 4.41. The number of fused-ring (bicyclic) bond motifs is 3. The van der Waals surface area contributed by atoms with Crippen LogP contribution in [0.2, 0.25) is 0 Å². The van der Waals surface area contributed by atoms with Crippen molar-refractivity contribution in [2.45, 2.75) is 45.6 Å². The molecule has 2 aliphatic heterocycles. The highest BCUT2D eigenvalue weighted by molar-refractivity contribution is 6.07. The molecule has 2 aromatic rings. The summed E-state index contributed by atoms with van der Waals surface area (Å²) < 4.78 is 5.65. The van der Waals surface area contributed by atoms with Crippen LogP contribution in [-0.2, 0) is 6.42 Å². The number of hydrogen-bond donors (Lipinski definition) is 1. The molecule has 1 saturated heterocycles. The first-order chi connectivity index (χ1) is 14.1. The maximum Gasteiger partial charge on any atom is 0.255 e. The molecule has 0 saturated carbocycles. The minimum atomic E-state index is -0.214. The van der Waals surface area contributed by atoms with Gasteiger partial charge in [0.25, 0.3) is 5.91 Å². The van der Waals surface area contributed by atoms with Crippen molar-refractivity contribution >= 4 is 17.4 Å². The van der Waals surface area contributed by atoms with Gasteiger partial charge in [-0.15, -0.1) is 0 Å². The van der Waals surface area contributed by atoms with Crippen LogP contribution < -0.4 is 10.1 Å². The first-order valence-electron chi connectivity index (χ1n) is 10.5. The van der Waals surface area contributed by atoms with Crippen molar-refractivity contribution in [1.29, 1.82) is 0 Å². The molecule has 0 bridgehead atoms. The van der Waals surface area contributed by atoms with Gasteiger partial charge in [0.15, 0.2) is 5.78 Å². The molecule has 2 heterocycles. The van der Waals surface area contributed by atoms with Crippen LogP contribution in [0.15, 0.2) is 36.4 Å². The van der Waals surface area contributed by atoms with Crippen LogP contribution in [0, 0.1) is 0 Å². The van der Waals surface area contributed by atoms with Gasteiger partial charge in [0.05, 0.1) is 12.2 Å². The van der Waals surface area contributed by atoms with E-state index in [9.17, 15) is 9.59 Å². The van der Waals surface area contributed by atoms with E-state index < -0.39 is 0 Å². The second-order valence-corrected chi connectivity index (χ2v) is 7.93. The van der Waals surface area contributed by atoms with Crippen LogP contribution in [0.25, 0.3) is 0 Å². The van der Waals surface area contributed by atoms with Crippen molar-refractivity contribution in [3.05, 3.63) is 58.7 Å². The maximum absolute atomic E-state index is 12.8. The van der Waals surface area contributed by atoms with E-state index in [4.69, 9.17) is 4.74 Å². The number of benzene rings is 2. The van der Waals surface area contributed by atoms with Crippen molar-refractivity contribution < 1.29 is 14.3 Å². The fraction of sp³-hybridized carbons (Fsp3) is 0.417. The molecule has 2 aliphatic rings. The van der Waals surface area contributed by atoms with Crippen LogP contribution in [0.1, 0.15) is 71.0 Å². The summed E-state index contributed by atoms with van der Waals surface area (Å²) in [6.45, 7) is 6.34. The standard InChI is InChI=1S/C24H28N2O3/c1-3-13-29-23-9-7-18(14-20(23)16(2)27)24(28)25-19-8-6-17-10-12-26-11-4-5-22(26)21(17)15-19/h6-9,14-15,22H,3-5,10-13H2,1-2H3,(H,25,28). The number of anilines is 1. The van der Waals surface area contributed by atoms with E-state index in [1.165, 1.54) is 37.4 Å². The Morgan fingerprint density at radius 3 is 2.83 bits per heavy atom. The van der Waals surface area contributed by atoms with Crippen molar-refractivity contribution in [3.8, 4) is 5.75 Å². The number of nitrogens with one attached hydrogen (secondary N) is 1. The van der Waals surface area contributed by atoms with Crippen LogP contribution in [0.4, 0.5) is 5.69 Å². The number of nitrogens with zero attached hydrogens (tertiary/aromatic N) is 1. The first-order valence-corrected chi connectivity index (χ1v) is 10.5.